The molecule has 0 saturated heterocycles. The van der Waals surface area contributed by atoms with E-state index in [0.29, 0.717) is 5.56 Å². The number of fused-ring (bicyclic) bond motifs is 1. The van der Waals surface area contributed by atoms with Crippen LogP contribution in [0.2, 0.25) is 0 Å². The third kappa shape index (κ3) is 2.80. The van der Waals surface area contributed by atoms with E-state index in [1.165, 1.54) is 5.56 Å². The van der Waals surface area contributed by atoms with Crippen LogP contribution in [-0.4, -0.2) is 5.78 Å². The third-order valence-electron chi connectivity index (χ3n) is 4.68. The Hall–Kier alpha value is -2.40. The smallest absolute Gasteiger partial charge is 0.193 e. The molecular weight excluding hydrogens is 282 g/mol. The maximum Gasteiger partial charge on any atom is 0.193 e. The second-order valence-corrected chi connectivity index (χ2v) is 7.25. The number of carbonyl (C=O) groups excluding carboxylic acids is 1. The van der Waals surface area contributed by atoms with Gasteiger partial charge in [0.1, 0.15) is 0 Å². The number of ketones is 1. The first-order valence-electron chi connectivity index (χ1n) is 8.08. The van der Waals surface area contributed by atoms with E-state index >= 15 is 0 Å². The maximum absolute atomic E-state index is 12.9. The van der Waals surface area contributed by atoms with E-state index < -0.39 is 0 Å². The fourth-order valence-electron chi connectivity index (χ4n) is 3.28. The van der Waals surface area contributed by atoms with Gasteiger partial charge in [-0.3, -0.25) is 4.79 Å². The minimum atomic E-state index is -0.0685. The molecule has 2 heteroatoms. The van der Waals surface area contributed by atoms with Gasteiger partial charge in [-0.2, -0.15) is 5.26 Å². The van der Waals surface area contributed by atoms with Crippen molar-refractivity contribution in [3.05, 3.63) is 70.3 Å². The van der Waals surface area contributed by atoms with E-state index in [2.05, 4.69) is 26.8 Å². The molecule has 0 amide bonds. The molecule has 3 rings (SSSR count). The molecule has 1 aliphatic carbocycles. The van der Waals surface area contributed by atoms with Gasteiger partial charge in [-0.1, -0.05) is 63.2 Å². The molecule has 0 radical (unpaired) electrons. The standard InChI is InChI=1S/C21H21NO/c1-21(2,3)16-10-7-14(8-11-16)20(23)19-6-4-5-17-15(13-22)9-12-18(17)19/h4-8,10-11,15H,9,12H2,1-3H3. The quantitative estimate of drug-likeness (QED) is 0.750. The van der Waals surface area contributed by atoms with Gasteiger partial charge in [-0.15, -0.1) is 0 Å². The fraction of sp³-hybridized carbons (Fsp3) is 0.333. The van der Waals surface area contributed by atoms with E-state index in [-0.39, 0.29) is 17.1 Å². The van der Waals surface area contributed by atoms with E-state index in [1.54, 1.807) is 0 Å². The molecule has 116 valence electrons. The van der Waals surface area contributed by atoms with Gasteiger partial charge in [0, 0.05) is 11.1 Å². The minimum absolute atomic E-state index is 0.0564. The Labute approximate surface area is 137 Å². The SMILES string of the molecule is CC(C)(C)c1ccc(C(=O)c2cccc3c2CCC3C#N)cc1. The molecule has 0 aliphatic heterocycles. The first-order valence-corrected chi connectivity index (χ1v) is 8.08. The van der Waals surface area contributed by atoms with Crippen molar-refractivity contribution in [1.29, 1.82) is 5.26 Å². The normalized spacial score (nSPS) is 16.7. The van der Waals surface area contributed by atoms with Crippen molar-refractivity contribution in [2.75, 3.05) is 0 Å². The average molecular weight is 303 g/mol. The van der Waals surface area contributed by atoms with Gasteiger partial charge in [0.25, 0.3) is 0 Å². The van der Waals surface area contributed by atoms with E-state index in [9.17, 15) is 10.1 Å². The summed E-state index contributed by atoms with van der Waals surface area (Å²) in [6, 6.07) is 16.0. The number of nitriles is 1. The monoisotopic (exact) mass is 303 g/mol. The van der Waals surface area contributed by atoms with Crippen molar-refractivity contribution in [3.8, 4) is 6.07 Å². The zero-order chi connectivity index (χ0) is 16.6. The predicted octanol–water partition coefficient (Wildman–Crippen LogP) is 4.77. The average Bonchev–Trinajstić information content (AvgIpc) is 2.96. The predicted molar refractivity (Wildman–Crippen MR) is 91.7 cm³/mol. The van der Waals surface area contributed by atoms with Crippen LogP contribution >= 0.6 is 0 Å². The Bertz CT molecular complexity index is 788. The lowest BCUT2D eigenvalue weighted by molar-refractivity contribution is 0.103. The Balaban J connectivity index is 1.96. The second kappa shape index (κ2) is 5.66. The van der Waals surface area contributed by atoms with Gasteiger partial charge in [-0.05, 0) is 34.9 Å². The Morgan fingerprint density at radius 1 is 1.13 bits per heavy atom. The summed E-state index contributed by atoms with van der Waals surface area (Å²) in [5, 5.41) is 9.23. The highest BCUT2D eigenvalue weighted by molar-refractivity contribution is 6.10. The summed E-state index contributed by atoms with van der Waals surface area (Å²) in [6.45, 7) is 6.49. The molecule has 0 heterocycles. The zero-order valence-corrected chi connectivity index (χ0v) is 13.9. The highest BCUT2D eigenvalue weighted by Gasteiger charge is 2.26. The Morgan fingerprint density at radius 2 is 1.83 bits per heavy atom. The molecule has 0 saturated carbocycles. The minimum Gasteiger partial charge on any atom is -0.289 e. The van der Waals surface area contributed by atoms with Gasteiger partial charge in [0.05, 0.1) is 12.0 Å². The van der Waals surface area contributed by atoms with Crippen molar-refractivity contribution in [1.82, 2.24) is 0 Å². The third-order valence-corrected chi connectivity index (χ3v) is 4.68. The van der Waals surface area contributed by atoms with Crippen molar-refractivity contribution in [3.63, 3.8) is 0 Å². The molecule has 1 unspecified atom stereocenters. The van der Waals surface area contributed by atoms with Crippen LogP contribution in [0.25, 0.3) is 0 Å². The van der Waals surface area contributed by atoms with Crippen molar-refractivity contribution < 1.29 is 4.79 Å². The van der Waals surface area contributed by atoms with Crippen LogP contribution in [0.1, 0.15) is 65.7 Å². The van der Waals surface area contributed by atoms with Gasteiger partial charge in [0.2, 0.25) is 0 Å². The second-order valence-electron chi connectivity index (χ2n) is 7.25. The lowest BCUT2D eigenvalue weighted by atomic mass is 9.86. The summed E-state index contributed by atoms with van der Waals surface area (Å²) in [5.74, 6) is -0.0121. The molecule has 0 aromatic heterocycles. The topological polar surface area (TPSA) is 40.9 Å². The van der Waals surface area contributed by atoms with Gasteiger partial charge in [0.15, 0.2) is 5.78 Å². The number of benzene rings is 2. The summed E-state index contributed by atoms with van der Waals surface area (Å²) in [5.41, 5.74) is 4.86. The van der Waals surface area contributed by atoms with Gasteiger partial charge in [-0.25, -0.2) is 0 Å². The summed E-state index contributed by atoms with van der Waals surface area (Å²) in [4.78, 5) is 12.9. The molecule has 0 N–H and O–H groups in total. The molecule has 1 aliphatic rings. The first-order chi connectivity index (χ1) is 10.9. The van der Waals surface area contributed by atoms with E-state index in [1.807, 2.05) is 42.5 Å². The Morgan fingerprint density at radius 3 is 2.43 bits per heavy atom. The molecule has 1 atom stereocenters. The number of hydrogen-bond acceptors (Lipinski definition) is 2. The number of hydrogen-bond donors (Lipinski definition) is 0. The Kier molecular flexibility index (Phi) is 3.82. The van der Waals surface area contributed by atoms with Crippen LogP contribution in [0.4, 0.5) is 0 Å². The summed E-state index contributed by atoms with van der Waals surface area (Å²) < 4.78 is 0. The molecule has 0 fully saturated rings. The number of nitrogens with zero attached hydrogens (tertiary/aromatic N) is 1. The fourth-order valence-corrected chi connectivity index (χ4v) is 3.28. The van der Waals surface area contributed by atoms with Crippen LogP contribution in [0.3, 0.4) is 0 Å². The van der Waals surface area contributed by atoms with Crippen molar-refractivity contribution in [2.45, 2.75) is 44.9 Å². The van der Waals surface area contributed by atoms with Crippen molar-refractivity contribution >= 4 is 5.78 Å². The van der Waals surface area contributed by atoms with Crippen LogP contribution in [0, 0.1) is 11.3 Å². The van der Waals surface area contributed by atoms with Gasteiger partial charge >= 0.3 is 0 Å². The van der Waals surface area contributed by atoms with Crippen LogP contribution in [-0.2, 0) is 11.8 Å². The number of carbonyl (C=O) groups is 1. The molecule has 0 bridgehead atoms. The summed E-state index contributed by atoms with van der Waals surface area (Å²) >= 11 is 0. The molecule has 0 spiro atoms. The van der Waals surface area contributed by atoms with Crippen LogP contribution < -0.4 is 0 Å². The van der Waals surface area contributed by atoms with E-state index in [4.69, 9.17) is 0 Å². The highest BCUT2D eigenvalue weighted by atomic mass is 16.1. The van der Waals surface area contributed by atoms with Gasteiger partial charge < -0.3 is 0 Å². The van der Waals surface area contributed by atoms with Crippen LogP contribution in [0.15, 0.2) is 42.5 Å². The molecule has 2 nitrogen and oxygen atoms in total. The van der Waals surface area contributed by atoms with E-state index in [0.717, 1.165) is 29.5 Å². The highest BCUT2D eigenvalue weighted by Crippen LogP contribution is 2.35. The van der Waals surface area contributed by atoms with Crippen molar-refractivity contribution in [2.24, 2.45) is 0 Å². The summed E-state index contributed by atoms with van der Waals surface area (Å²) in [6.07, 6.45) is 1.63. The summed E-state index contributed by atoms with van der Waals surface area (Å²) in [7, 11) is 0. The molecule has 23 heavy (non-hydrogen) atoms. The lowest BCUT2D eigenvalue weighted by Gasteiger charge is -2.19. The van der Waals surface area contributed by atoms with Crippen LogP contribution in [0.5, 0.6) is 0 Å². The molecular formula is C21H21NO. The molecule has 2 aromatic rings. The first kappa shape index (κ1) is 15.5. The largest absolute Gasteiger partial charge is 0.289 e. The molecule has 2 aromatic carbocycles. The maximum atomic E-state index is 12.9. The zero-order valence-electron chi connectivity index (χ0n) is 13.9. The number of rotatable bonds is 2. The lowest BCUT2D eigenvalue weighted by Crippen LogP contribution is -2.12.